The smallest absolute Gasteiger partial charge is 0.150 e. The van der Waals surface area contributed by atoms with E-state index >= 15 is 0 Å². The van der Waals surface area contributed by atoms with Crippen LogP contribution in [0.3, 0.4) is 0 Å². The molecule has 0 radical (unpaired) electrons. The molecule has 2 fully saturated rings. The number of ketones is 1. The molecule has 0 N–H and O–H groups in total. The first-order chi connectivity index (χ1) is 7.05. The summed E-state index contributed by atoms with van der Waals surface area (Å²) in [5.74, 6) is 1.33. The van der Waals surface area contributed by atoms with Gasteiger partial charge >= 0.3 is 0 Å². The third-order valence-electron chi connectivity index (χ3n) is 3.26. The van der Waals surface area contributed by atoms with E-state index in [0.29, 0.717) is 36.0 Å². The van der Waals surface area contributed by atoms with Crippen molar-refractivity contribution >= 4 is 15.6 Å². The quantitative estimate of drug-likeness (QED) is 0.675. The van der Waals surface area contributed by atoms with Gasteiger partial charge in [0.25, 0.3) is 0 Å². The second-order valence-electron chi connectivity index (χ2n) is 4.61. The third kappa shape index (κ3) is 3.01. The lowest BCUT2D eigenvalue weighted by Crippen LogP contribution is -2.37. The van der Waals surface area contributed by atoms with Gasteiger partial charge in [0.15, 0.2) is 9.84 Å². The van der Waals surface area contributed by atoms with Crippen LogP contribution in [0.2, 0.25) is 0 Å². The second kappa shape index (κ2) is 4.22. The first kappa shape index (κ1) is 11.1. The summed E-state index contributed by atoms with van der Waals surface area (Å²) in [6, 6.07) is 0. The molecule has 1 unspecified atom stereocenters. The highest BCUT2D eigenvalue weighted by Crippen LogP contribution is 2.20. The maximum atomic E-state index is 11.3. The molecule has 2 aliphatic heterocycles. The minimum Gasteiger partial charge on any atom is -0.302 e. The molecule has 1 atom stereocenters. The van der Waals surface area contributed by atoms with Crippen molar-refractivity contribution < 1.29 is 13.2 Å². The fraction of sp³-hybridized carbons (Fsp3) is 0.900. The largest absolute Gasteiger partial charge is 0.302 e. The van der Waals surface area contributed by atoms with Crippen LogP contribution in [-0.2, 0) is 14.6 Å². The number of hydrogen-bond donors (Lipinski definition) is 0. The molecule has 0 aromatic heterocycles. The van der Waals surface area contributed by atoms with Crippen molar-refractivity contribution in [3.05, 3.63) is 0 Å². The minimum atomic E-state index is -2.75. The van der Waals surface area contributed by atoms with Crippen LogP contribution >= 0.6 is 0 Å². The Bertz CT molecular complexity index is 340. The lowest BCUT2D eigenvalue weighted by atomic mass is 10.1. The van der Waals surface area contributed by atoms with Crippen LogP contribution in [0.1, 0.15) is 19.3 Å². The number of carbonyl (C=O) groups excluding carboxylic acids is 1. The molecule has 0 bridgehead atoms. The first-order valence-electron chi connectivity index (χ1n) is 5.50. The van der Waals surface area contributed by atoms with Gasteiger partial charge in [-0.25, -0.2) is 8.42 Å². The van der Waals surface area contributed by atoms with E-state index in [4.69, 9.17) is 0 Å². The van der Waals surface area contributed by atoms with Crippen molar-refractivity contribution in [2.75, 3.05) is 31.1 Å². The van der Waals surface area contributed by atoms with Gasteiger partial charge in [-0.1, -0.05) is 0 Å². The van der Waals surface area contributed by atoms with E-state index in [1.165, 1.54) is 0 Å². The Labute approximate surface area is 90.6 Å². The summed E-state index contributed by atoms with van der Waals surface area (Å²) in [6.07, 6.45) is 2.08. The van der Waals surface area contributed by atoms with Crippen LogP contribution in [0.5, 0.6) is 0 Å². The molecular formula is C10H17NO3S. The lowest BCUT2D eigenvalue weighted by Gasteiger charge is -2.27. The average Bonchev–Trinajstić information content (AvgIpc) is 2.50. The lowest BCUT2D eigenvalue weighted by molar-refractivity contribution is -0.121. The number of Topliss-reactive ketones (excluding diaryl/α,β-unsaturated/α-hetero) is 1. The van der Waals surface area contributed by atoms with Crippen molar-refractivity contribution in [2.45, 2.75) is 19.3 Å². The zero-order valence-electron chi connectivity index (χ0n) is 8.81. The molecular weight excluding hydrogens is 214 g/mol. The van der Waals surface area contributed by atoms with Crippen molar-refractivity contribution in [3.63, 3.8) is 0 Å². The Hall–Kier alpha value is -0.420. The van der Waals surface area contributed by atoms with Crippen molar-refractivity contribution in [3.8, 4) is 0 Å². The van der Waals surface area contributed by atoms with E-state index in [1.807, 2.05) is 0 Å². The molecule has 0 amide bonds. The zero-order valence-corrected chi connectivity index (χ0v) is 9.63. The van der Waals surface area contributed by atoms with Gasteiger partial charge in [0.1, 0.15) is 5.78 Å². The average molecular weight is 231 g/mol. The van der Waals surface area contributed by atoms with E-state index in [9.17, 15) is 13.2 Å². The van der Waals surface area contributed by atoms with Gasteiger partial charge in [0.05, 0.1) is 11.5 Å². The van der Waals surface area contributed by atoms with Crippen LogP contribution in [0.15, 0.2) is 0 Å². The summed E-state index contributed by atoms with van der Waals surface area (Å²) < 4.78 is 22.5. The van der Waals surface area contributed by atoms with Crippen LogP contribution in [0.25, 0.3) is 0 Å². The number of likely N-dealkylation sites (tertiary alicyclic amines) is 1. The van der Waals surface area contributed by atoms with Gasteiger partial charge in [0, 0.05) is 32.5 Å². The van der Waals surface area contributed by atoms with E-state index in [1.54, 1.807) is 0 Å². The number of carbonyl (C=O) groups is 1. The number of rotatable bonds is 2. The van der Waals surface area contributed by atoms with Crippen molar-refractivity contribution in [1.82, 2.24) is 4.90 Å². The van der Waals surface area contributed by atoms with Gasteiger partial charge in [-0.05, 0) is 12.3 Å². The molecule has 0 aromatic rings. The summed E-state index contributed by atoms with van der Waals surface area (Å²) in [5, 5.41) is 0. The van der Waals surface area contributed by atoms with Crippen LogP contribution in [-0.4, -0.2) is 50.2 Å². The van der Waals surface area contributed by atoms with Crippen LogP contribution in [0, 0.1) is 5.92 Å². The van der Waals surface area contributed by atoms with Gasteiger partial charge in [-0.15, -0.1) is 0 Å². The predicted molar refractivity (Wildman–Crippen MR) is 57.4 cm³/mol. The maximum absolute atomic E-state index is 11.3. The molecule has 15 heavy (non-hydrogen) atoms. The molecule has 0 aliphatic carbocycles. The fourth-order valence-electron chi connectivity index (χ4n) is 2.37. The van der Waals surface area contributed by atoms with E-state index < -0.39 is 9.84 Å². The normalized spacial score (nSPS) is 32.0. The van der Waals surface area contributed by atoms with E-state index in [-0.39, 0.29) is 0 Å². The highest BCUT2D eigenvalue weighted by molar-refractivity contribution is 7.91. The number of piperidine rings is 1. The summed E-state index contributed by atoms with van der Waals surface area (Å²) in [7, 11) is -2.75. The summed E-state index contributed by atoms with van der Waals surface area (Å²) in [4.78, 5) is 13.3. The first-order valence-corrected chi connectivity index (χ1v) is 7.32. The molecule has 0 spiro atoms. The highest BCUT2D eigenvalue weighted by atomic mass is 32.2. The Balaban J connectivity index is 1.81. The van der Waals surface area contributed by atoms with Gasteiger partial charge in [-0.3, -0.25) is 4.79 Å². The maximum Gasteiger partial charge on any atom is 0.150 e. The summed E-state index contributed by atoms with van der Waals surface area (Å²) >= 11 is 0. The Morgan fingerprint density at radius 2 is 1.93 bits per heavy atom. The zero-order chi connectivity index (χ0) is 10.9. The molecule has 0 saturated carbocycles. The third-order valence-corrected chi connectivity index (χ3v) is 5.09. The van der Waals surface area contributed by atoms with Gasteiger partial charge in [-0.2, -0.15) is 0 Å². The molecule has 86 valence electrons. The molecule has 2 aliphatic rings. The molecule has 0 aromatic carbocycles. The van der Waals surface area contributed by atoms with Crippen molar-refractivity contribution in [1.29, 1.82) is 0 Å². The molecule has 4 nitrogen and oxygen atoms in total. The van der Waals surface area contributed by atoms with Crippen LogP contribution in [0.4, 0.5) is 0 Å². The Morgan fingerprint density at radius 1 is 1.27 bits per heavy atom. The Morgan fingerprint density at radius 3 is 2.47 bits per heavy atom. The van der Waals surface area contributed by atoms with Crippen molar-refractivity contribution in [2.24, 2.45) is 5.92 Å². The number of hydrogen-bond acceptors (Lipinski definition) is 4. The monoisotopic (exact) mass is 231 g/mol. The molecule has 5 heteroatoms. The topological polar surface area (TPSA) is 54.5 Å². The molecule has 2 heterocycles. The summed E-state index contributed by atoms with van der Waals surface area (Å²) in [5.41, 5.74) is 0. The second-order valence-corrected chi connectivity index (χ2v) is 6.84. The highest BCUT2D eigenvalue weighted by Gasteiger charge is 2.29. The predicted octanol–water partition coefficient (Wildman–Crippen LogP) is 0.0860. The Kier molecular flexibility index (Phi) is 3.11. The molecule has 2 saturated heterocycles. The van der Waals surface area contributed by atoms with E-state index in [0.717, 1.165) is 26.1 Å². The number of nitrogens with zero attached hydrogens (tertiary/aromatic N) is 1. The SMILES string of the molecule is O=C1CCN(CC2CCS(=O)(=O)C2)CC1. The number of sulfone groups is 1. The van der Waals surface area contributed by atoms with E-state index in [2.05, 4.69) is 4.90 Å². The van der Waals surface area contributed by atoms with Gasteiger partial charge < -0.3 is 4.90 Å². The standard InChI is InChI=1S/C10H17NO3S/c12-10-1-4-11(5-2-10)7-9-3-6-15(13,14)8-9/h9H,1-8H2. The molecule has 2 rings (SSSR count). The fourth-order valence-corrected chi connectivity index (χ4v) is 4.22. The minimum absolute atomic E-state index is 0.295. The van der Waals surface area contributed by atoms with Gasteiger partial charge in [0.2, 0.25) is 0 Å². The summed E-state index contributed by atoms with van der Waals surface area (Å²) in [6.45, 7) is 2.48. The van der Waals surface area contributed by atoms with Crippen LogP contribution < -0.4 is 0 Å².